The number of hydrogen-bond acceptors (Lipinski definition) is 4. The molecular weight excluding hydrogens is 340 g/mol. The highest BCUT2D eigenvalue weighted by molar-refractivity contribution is 5.76. The molecule has 0 aromatic heterocycles. The van der Waals surface area contributed by atoms with Gasteiger partial charge in [0.25, 0.3) is 0 Å². The Morgan fingerprint density at radius 1 is 1.22 bits per heavy atom. The SMILES string of the molecule is COCC(C)NC(=O)CCN1Cc2ccccc2OC(c2ccccc2)C1. The monoisotopic (exact) mass is 368 g/mol. The number of amides is 1. The van der Waals surface area contributed by atoms with E-state index in [1.54, 1.807) is 7.11 Å². The summed E-state index contributed by atoms with van der Waals surface area (Å²) in [7, 11) is 1.64. The number of nitrogens with zero attached hydrogens (tertiary/aromatic N) is 1. The number of carbonyl (C=O) groups excluding carboxylic acids is 1. The lowest BCUT2D eigenvalue weighted by Crippen LogP contribution is -2.38. The van der Waals surface area contributed by atoms with Gasteiger partial charge in [-0.2, -0.15) is 0 Å². The fourth-order valence-corrected chi connectivity index (χ4v) is 3.39. The molecule has 144 valence electrons. The number of fused-ring (bicyclic) bond motifs is 1. The zero-order chi connectivity index (χ0) is 19.1. The molecule has 1 aliphatic heterocycles. The Kier molecular flexibility index (Phi) is 6.85. The molecule has 3 rings (SSSR count). The third kappa shape index (κ3) is 5.55. The summed E-state index contributed by atoms with van der Waals surface area (Å²) in [5.41, 5.74) is 2.31. The molecule has 1 aliphatic rings. The lowest BCUT2D eigenvalue weighted by Gasteiger charge is -2.24. The van der Waals surface area contributed by atoms with E-state index in [0.29, 0.717) is 19.6 Å². The first-order valence-corrected chi connectivity index (χ1v) is 9.46. The zero-order valence-electron chi connectivity index (χ0n) is 16.1. The Balaban J connectivity index is 1.68. The Morgan fingerprint density at radius 3 is 2.74 bits per heavy atom. The molecule has 0 fully saturated rings. The molecule has 0 spiro atoms. The summed E-state index contributed by atoms with van der Waals surface area (Å²) < 4.78 is 11.4. The van der Waals surface area contributed by atoms with Crippen LogP contribution in [0.3, 0.4) is 0 Å². The number of methoxy groups -OCH3 is 1. The van der Waals surface area contributed by atoms with Crippen LogP contribution in [-0.4, -0.2) is 43.7 Å². The molecule has 1 heterocycles. The van der Waals surface area contributed by atoms with Crippen molar-refractivity contribution in [2.75, 3.05) is 26.8 Å². The second-order valence-corrected chi connectivity index (χ2v) is 7.03. The van der Waals surface area contributed by atoms with E-state index >= 15 is 0 Å². The maximum Gasteiger partial charge on any atom is 0.221 e. The largest absolute Gasteiger partial charge is 0.484 e. The third-order valence-corrected chi connectivity index (χ3v) is 4.71. The molecule has 0 aliphatic carbocycles. The van der Waals surface area contributed by atoms with Crippen molar-refractivity contribution >= 4 is 5.91 Å². The fourth-order valence-electron chi connectivity index (χ4n) is 3.39. The average Bonchev–Trinajstić information content (AvgIpc) is 2.86. The van der Waals surface area contributed by atoms with Crippen LogP contribution in [0.15, 0.2) is 54.6 Å². The summed E-state index contributed by atoms with van der Waals surface area (Å²) in [5, 5.41) is 2.98. The quantitative estimate of drug-likeness (QED) is 0.816. The Labute approximate surface area is 161 Å². The molecule has 0 radical (unpaired) electrons. The van der Waals surface area contributed by atoms with Crippen LogP contribution in [0.25, 0.3) is 0 Å². The van der Waals surface area contributed by atoms with Crippen LogP contribution >= 0.6 is 0 Å². The molecule has 1 N–H and O–H groups in total. The van der Waals surface area contributed by atoms with E-state index in [2.05, 4.69) is 28.4 Å². The van der Waals surface area contributed by atoms with Crippen molar-refractivity contribution < 1.29 is 14.3 Å². The highest BCUT2D eigenvalue weighted by atomic mass is 16.5. The number of para-hydroxylation sites is 1. The first-order valence-electron chi connectivity index (χ1n) is 9.46. The molecule has 5 nitrogen and oxygen atoms in total. The van der Waals surface area contributed by atoms with Gasteiger partial charge in [0, 0.05) is 44.8 Å². The standard InChI is InChI=1S/C22H28N2O3/c1-17(16-26-2)23-22(25)12-13-24-14-19-10-6-7-11-20(19)27-21(15-24)18-8-4-3-5-9-18/h3-11,17,21H,12-16H2,1-2H3,(H,23,25). The molecular formula is C22H28N2O3. The summed E-state index contributed by atoms with van der Waals surface area (Å²) in [6.45, 7) is 4.68. The van der Waals surface area contributed by atoms with Gasteiger partial charge in [0.15, 0.2) is 0 Å². The minimum Gasteiger partial charge on any atom is -0.484 e. The summed E-state index contributed by atoms with van der Waals surface area (Å²) in [6.07, 6.45) is 0.405. The minimum absolute atomic E-state index is 0.0211. The fraction of sp³-hybridized carbons (Fsp3) is 0.409. The van der Waals surface area contributed by atoms with E-state index in [0.717, 1.165) is 30.0 Å². The van der Waals surface area contributed by atoms with Crippen LogP contribution in [0.2, 0.25) is 0 Å². The smallest absolute Gasteiger partial charge is 0.221 e. The van der Waals surface area contributed by atoms with Crippen molar-refractivity contribution in [3.8, 4) is 5.75 Å². The van der Waals surface area contributed by atoms with E-state index in [1.807, 2.05) is 43.3 Å². The van der Waals surface area contributed by atoms with Gasteiger partial charge in [-0.25, -0.2) is 0 Å². The number of benzene rings is 2. The predicted molar refractivity (Wildman–Crippen MR) is 106 cm³/mol. The molecule has 2 aromatic carbocycles. The predicted octanol–water partition coefficient (Wildman–Crippen LogP) is 3.16. The highest BCUT2D eigenvalue weighted by Gasteiger charge is 2.24. The van der Waals surface area contributed by atoms with E-state index in [1.165, 1.54) is 0 Å². The highest BCUT2D eigenvalue weighted by Crippen LogP contribution is 2.30. The Morgan fingerprint density at radius 2 is 1.96 bits per heavy atom. The van der Waals surface area contributed by atoms with Gasteiger partial charge in [-0.05, 0) is 18.6 Å². The van der Waals surface area contributed by atoms with E-state index < -0.39 is 0 Å². The molecule has 2 atom stereocenters. The van der Waals surface area contributed by atoms with Gasteiger partial charge in [0.2, 0.25) is 5.91 Å². The maximum absolute atomic E-state index is 12.2. The summed E-state index contributed by atoms with van der Waals surface area (Å²) in [5.74, 6) is 0.973. The third-order valence-electron chi connectivity index (χ3n) is 4.71. The Hall–Kier alpha value is -2.37. The van der Waals surface area contributed by atoms with Crippen molar-refractivity contribution in [1.29, 1.82) is 0 Å². The van der Waals surface area contributed by atoms with Crippen LogP contribution in [0.1, 0.15) is 30.6 Å². The number of ether oxygens (including phenoxy) is 2. The van der Waals surface area contributed by atoms with Crippen LogP contribution in [0.4, 0.5) is 0 Å². The lowest BCUT2D eigenvalue weighted by atomic mass is 10.1. The molecule has 27 heavy (non-hydrogen) atoms. The van der Waals surface area contributed by atoms with Crippen LogP contribution in [0.5, 0.6) is 5.75 Å². The van der Waals surface area contributed by atoms with Crippen LogP contribution in [-0.2, 0) is 16.1 Å². The van der Waals surface area contributed by atoms with Gasteiger partial charge in [-0.3, -0.25) is 9.69 Å². The van der Waals surface area contributed by atoms with Crippen LogP contribution < -0.4 is 10.1 Å². The van der Waals surface area contributed by atoms with Crippen molar-refractivity contribution in [2.45, 2.75) is 32.0 Å². The molecule has 2 unspecified atom stereocenters. The number of carbonyl (C=O) groups is 1. The number of hydrogen-bond donors (Lipinski definition) is 1. The molecule has 0 saturated heterocycles. The summed E-state index contributed by atoms with van der Waals surface area (Å²) >= 11 is 0. The van der Waals surface area contributed by atoms with Crippen molar-refractivity contribution in [3.63, 3.8) is 0 Å². The minimum atomic E-state index is -0.0506. The van der Waals surface area contributed by atoms with Crippen molar-refractivity contribution in [3.05, 3.63) is 65.7 Å². The van der Waals surface area contributed by atoms with Gasteiger partial charge in [-0.15, -0.1) is 0 Å². The second kappa shape index (κ2) is 9.53. The first kappa shape index (κ1) is 19.4. The molecule has 0 bridgehead atoms. The van der Waals surface area contributed by atoms with E-state index in [4.69, 9.17) is 9.47 Å². The average molecular weight is 368 g/mol. The Bertz CT molecular complexity index is 735. The van der Waals surface area contributed by atoms with E-state index in [-0.39, 0.29) is 18.1 Å². The molecule has 5 heteroatoms. The zero-order valence-corrected chi connectivity index (χ0v) is 16.1. The van der Waals surface area contributed by atoms with E-state index in [9.17, 15) is 4.79 Å². The topological polar surface area (TPSA) is 50.8 Å². The van der Waals surface area contributed by atoms with Gasteiger partial charge in [-0.1, -0.05) is 48.5 Å². The van der Waals surface area contributed by atoms with Gasteiger partial charge in [0.05, 0.1) is 6.61 Å². The number of rotatable bonds is 7. The van der Waals surface area contributed by atoms with Crippen molar-refractivity contribution in [2.24, 2.45) is 0 Å². The van der Waals surface area contributed by atoms with Gasteiger partial charge < -0.3 is 14.8 Å². The lowest BCUT2D eigenvalue weighted by molar-refractivity contribution is -0.122. The van der Waals surface area contributed by atoms with Crippen molar-refractivity contribution in [1.82, 2.24) is 10.2 Å². The molecule has 1 amide bonds. The normalized spacial score (nSPS) is 18.1. The summed E-state index contributed by atoms with van der Waals surface area (Å²) in [4.78, 5) is 14.5. The summed E-state index contributed by atoms with van der Waals surface area (Å²) in [6, 6.07) is 18.4. The molecule has 0 saturated carbocycles. The van der Waals surface area contributed by atoms with Crippen LogP contribution in [0, 0.1) is 0 Å². The maximum atomic E-state index is 12.2. The molecule has 2 aromatic rings. The van der Waals surface area contributed by atoms with Gasteiger partial charge >= 0.3 is 0 Å². The number of nitrogens with one attached hydrogen (secondary N) is 1. The second-order valence-electron chi connectivity index (χ2n) is 7.03. The first-order chi connectivity index (χ1) is 13.2. The van der Waals surface area contributed by atoms with Gasteiger partial charge in [0.1, 0.15) is 11.9 Å².